The third-order valence-electron chi connectivity index (χ3n) is 3.26. The van der Waals surface area contributed by atoms with Crippen molar-refractivity contribution in [1.29, 1.82) is 5.26 Å². The molecule has 0 heterocycles. The van der Waals surface area contributed by atoms with Gasteiger partial charge in [0, 0.05) is 0 Å². The molecule has 0 aliphatic rings. The van der Waals surface area contributed by atoms with E-state index in [9.17, 15) is 9.59 Å². The van der Waals surface area contributed by atoms with Crippen LogP contribution in [0.15, 0.2) is 24.3 Å². The fraction of sp³-hybridized carbons (Fsp3) is 0.500. The van der Waals surface area contributed by atoms with Crippen molar-refractivity contribution in [2.45, 2.75) is 39.7 Å². The first-order valence-corrected chi connectivity index (χ1v) is 8.16. The van der Waals surface area contributed by atoms with Crippen LogP contribution in [0, 0.1) is 17.2 Å². The predicted octanol–water partition coefficient (Wildman–Crippen LogP) is 2.26. The van der Waals surface area contributed by atoms with Gasteiger partial charge in [-0.25, -0.2) is 0 Å². The molecular formula is C18H25N3O3. The van der Waals surface area contributed by atoms with Crippen molar-refractivity contribution in [2.75, 3.05) is 13.2 Å². The number of amides is 2. The van der Waals surface area contributed by atoms with Crippen LogP contribution in [0.1, 0.15) is 44.0 Å². The molecule has 1 aromatic carbocycles. The average Bonchev–Trinajstić information content (AvgIpc) is 2.56. The Bertz CT molecular complexity index is 593. The van der Waals surface area contributed by atoms with Gasteiger partial charge in [-0.05, 0) is 30.9 Å². The van der Waals surface area contributed by atoms with Crippen molar-refractivity contribution in [3.63, 3.8) is 0 Å². The summed E-state index contributed by atoms with van der Waals surface area (Å²) in [4.78, 5) is 24.7. The molecule has 0 bridgehead atoms. The van der Waals surface area contributed by atoms with E-state index in [1.165, 1.54) is 0 Å². The Morgan fingerprint density at radius 3 is 2.62 bits per heavy atom. The van der Waals surface area contributed by atoms with E-state index in [4.69, 9.17) is 10.00 Å². The minimum Gasteiger partial charge on any atom is -0.493 e. The molecule has 1 rings (SSSR count). The molecule has 0 aliphatic carbocycles. The highest BCUT2D eigenvalue weighted by Crippen LogP contribution is 2.18. The Morgan fingerprint density at radius 1 is 1.29 bits per heavy atom. The fourth-order valence-corrected chi connectivity index (χ4v) is 2.18. The van der Waals surface area contributed by atoms with Crippen molar-refractivity contribution in [3.8, 4) is 11.8 Å². The van der Waals surface area contributed by atoms with Gasteiger partial charge in [0.1, 0.15) is 18.3 Å². The zero-order valence-electron chi connectivity index (χ0n) is 14.5. The molecule has 2 amide bonds. The van der Waals surface area contributed by atoms with Crippen molar-refractivity contribution < 1.29 is 14.3 Å². The molecule has 0 unspecified atom stereocenters. The van der Waals surface area contributed by atoms with Crippen molar-refractivity contribution in [3.05, 3.63) is 29.8 Å². The van der Waals surface area contributed by atoms with Gasteiger partial charge in [-0.2, -0.15) is 5.26 Å². The van der Waals surface area contributed by atoms with Crippen LogP contribution in [0.3, 0.4) is 0 Å². The largest absolute Gasteiger partial charge is 0.493 e. The lowest BCUT2D eigenvalue weighted by Crippen LogP contribution is -2.47. The molecule has 0 radical (unpaired) electrons. The quantitative estimate of drug-likeness (QED) is 0.679. The van der Waals surface area contributed by atoms with Crippen LogP contribution < -0.4 is 15.4 Å². The van der Waals surface area contributed by atoms with E-state index in [1.54, 1.807) is 24.3 Å². The minimum absolute atomic E-state index is 0.0838. The third-order valence-corrected chi connectivity index (χ3v) is 3.26. The van der Waals surface area contributed by atoms with Gasteiger partial charge >= 0.3 is 0 Å². The molecule has 0 fully saturated rings. The van der Waals surface area contributed by atoms with Crippen LogP contribution in [0.5, 0.6) is 5.75 Å². The summed E-state index contributed by atoms with van der Waals surface area (Å²) in [6.45, 7) is 6.35. The third kappa shape index (κ3) is 6.29. The second-order valence-electron chi connectivity index (χ2n) is 5.88. The van der Waals surface area contributed by atoms with Crippen LogP contribution in [0.4, 0.5) is 0 Å². The molecule has 6 nitrogen and oxygen atoms in total. The van der Waals surface area contributed by atoms with E-state index in [-0.39, 0.29) is 24.3 Å². The van der Waals surface area contributed by atoms with Crippen LogP contribution in [-0.4, -0.2) is 31.0 Å². The Hall–Kier alpha value is -2.55. The monoisotopic (exact) mass is 331 g/mol. The summed E-state index contributed by atoms with van der Waals surface area (Å²) < 4.78 is 5.59. The molecule has 0 aliphatic heterocycles. The van der Waals surface area contributed by atoms with E-state index in [1.807, 2.05) is 26.8 Å². The highest BCUT2D eigenvalue weighted by Gasteiger charge is 2.23. The number of carbonyl (C=O) groups is 2. The lowest BCUT2D eigenvalue weighted by molar-refractivity contribution is -0.123. The first-order valence-electron chi connectivity index (χ1n) is 8.16. The van der Waals surface area contributed by atoms with Gasteiger partial charge in [0.2, 0.25) is 5.91 Å². The molecule has 6 heteroatoms. The first kappa shape index (κ1) is 19.5. The van der Waals surface area contributed by atoms with Crippen LogP contribution in [0.25, 0.3) is 0 Å². The zero-order valence-corrected chi connectivity index (χ0v) is 14.5. The van der Waals surface area contributed by atoms with Crippen LogP contribution in [0.2, 0.25) is 0 Å². The van der Waals surface area contributed by atoms with Gasteiger partial charge in [0.15, 0.2) is 0 Å². The summed E-state index contributed by atoms with van der Waals surface area (Å²) >= 11 is 0. The van der Waals surface area contributed by atoms with Crippen molar-refractivity contribution >= 4 is 11.8 Å². The molecule has 24 heavy (non-hydrogen) atoms. The molecule has 2 N–H and O–H groups in total. The zero-order chi connectivity index (χ0) is 17.9. The maximum absolute atomic E-state index is 12.6. The van der Waals surface area contributed by atoms with Gasteiger partial charge in [-0.15, -0.1) is 0 Å². The fourth-order valence-electron chi connectivity index (χ4n) is 2.18. The van der Waals surface area contributed by atoms with Crippen molar-refractivity contribution in [2.24, 2.45) is 5.92 Å². The summed E-state index contributed by atoms with van der Waals surface area (Å²) in [6, 6.07) is 8.12. The summed E-state index contributed by atoms with van der Waals surface area (Å²) in [5.74, 6) is -0.00248. The van der Waals surface area contributed by atoms with Gasteiger partial charge in [-0.1, -0.05) is 32.9 Å². The lowest BCUT2D eigenvalue weighted by Gasteiger charge is -2.20. The van der Waals surface area contributed by atoms with E-state index in [2.05, 4.69) is 10.6 Å². The SMILES string of the molecule is CCCOc1ccccc1C(=O)N[C@@H](CC(C)C)C(=O)NCC#N. The van der Waals surface area contributed by atoms with E-state index < -0.39 is 6.04 Å². The average molecular weight is 331 g/mol. The Labute approximate surface area is 143 Å². The highest BCUT2D eigenvalue weighted by atomic mass is 16.5. The molecule has 0 saturated heterocycles. The normalized spacial score (nSPS) is 11.5. The highest BCUT2D eigenvalue weighted by molar-refractivity contribution is 5.99. The first-order chi connectivity index (χ1) is 11.5. The predicted molar refractivity (Wildman–Crippen MR) is 91.6 cm³/mol. The number of hydrogen-bond donors (Lipinski definition) is 2. The number of nitriles is 1. The topological polar surface area (TPSA) is 91.2 Å². The number of carbonyl (C=O) groups excluding carboxylic acids is 2. The maximum Gasteiger partial charge on any atom is 0.255 e. The summed E-state index contributed by atoms with van der Waals surface area (Å²) in [7, 11) is 0. The van der Waals surface area contributed by atoms with E-state index in [0.29, 0.717) is 24.3 Å². The number of hydrogen-bond acceptors (Lipinski definition) is 4. The number of rotatable bonds is 9. The molecule has 1 aromatic rings. The van der Waals surface area contributed by atoms with Crippen LogP contribution >= 0.6 is 0 Å². The second kappa shape index (κ2) is 10.3. The Morgan fingerprint density at radius 2 is 2.00 bits per heavy atom. The van der Waals surface area contributed by atoms with Gasteiger partial charge in [-0.3, -0.25) is 9.59 Å². The number of benzene rings is 1. The van der Waals surface area contributed by atoms with E-state index in [0.717, 1.165) is 6.42 Å². The number of ether oxygens (including phenoxy) is 1. The lowest BCUT2D eigenvalue weighted by atomic mass is 10.0. The Balaban J connectivity index is 2.88. The molecule has 0 spiro atoms. The van der Waals surface area contributed by atoms with Crippen molar-refractivity contribution in [1.82, 2.24) is 10.6 Å². The van der Waals surface area contributed by atoms with Gasteiger partial charge in [0.05, 0.1) is 18.2 Å². The second-order valence-corrected chi connectivity index (χ2v) is 5.88. The standard InChI is InChI=1S/C18H25N3O3/c1-4-11-24-16-8-6-5-7-14(16)17(22)21-15(12-13(2)3)18(23)20-10-9-19/h5-8,13,15H,4,10-12H2,1-3H3,(H,20,23)(H,21,22)/t15-/m0/s1. The van der Waals surface area contributed by atoms with Crippen LogP contribution in [-0.2, 0) is 4.79 Å². The number of para-hydroxylation sites is 1. The molecule has 130 valence electrons. The molecule has 0 aromatic heterocycles. The smallest absolute Gasteiger partial charge is 0.255 e. The van der Waals surface area contributed by atoms with Gasteiger partial charge in [0.25, 0.3) is 5.91 Å². The number of nitrogens with zero attached hydrogens (tertiary/aromatic N) is 1. The molecule has 0 saturated carbocycles. The minimum atomic E-state index is -0.690. The maximum atomic E-state index is 12.6. The number of nitrogens with one attached hydrogen (secondary N) is 2. The van der Waals surface area contributed by atoms with E-state index >= 15 is 0 Å². The molecule has 1 atom stereocenters. The Kier molecular flexibility index (Phi) is 8.34. The van der Waals surface area contributed by atoms with Gasteiger partial charge < -0.3 is 15.4 Å². The summed E-state index contributed by atoms with van der Waals surface area (Å²) in [5, 5.41) is 13.8. The summed E-state index contributed by atoms with van der Waals surface area (Å²) in [6.07, 6.45) is 1.32. The summed E-state index contributed by atoms with van der Waals surface area (Å²) in [5.41, 5.74) is 0.396. The molecular weight excluding hydrogens is 306 g/mol.